The second kappa shape index (κ2) is 6.18. The predicted octanol–water partition coefficient (Wildman–Crippen LogP) is 2.08. The number of aryl methyl sites for hydroxylation is 1. The van der Waals surface area contributed by atoms with Gasteiger partial charge in [0.1, 0.15) is 0 Å². The molecular formula is C14H16N2O4. The number of carboxylic acid groups (broad SMARTS) is 1. The first-order valence-corrected chi connectivity index (χ1v) is 6.45. The van der Waals surface area contributed by atoms with Crippen molar-refractivity contribution in [3.05, 3.63) is 30.1 Å². The number of hydrogen-bond acceptors (Lipinski definition) is 4. The summed E-state index contributed by atoms with van der Waals surface area (Å²) in [5, 5.41) is 8.99. The highest BCUT2D eigenvalue weighted by Crippen LogP contribution is 2.16. The molecule has 106 valence electrons. The maximum absolute atomic E-state index is 11.3. The highest BCUT2D eigenvalue weighted by atomic mass is 16.5. The van der Waals surface area contributed by atoms with Crippen molar-refractivity contribution in [3.8, 4) is 0 Å². The highest BCUT2D eigenvalue weighted by Gasteiger charge is 2.08. The molecule has 0 unspecified atom stereocenters. The molecule has 2 rings (SSSR count). The molecule has 0 saturated carbocycles. The molecule has 0 saturated heterocycles. The van der Waals surface area contributed by atoms with Gasteiger partial charge in [-0.05, 0) is 31.5 Å². The molecule has 2 aromatic rings. The predicted molar refractivity (Wildman–Crippen MR) is 72.6 cm³/mol. The Morgan fingerprint density at radius 3 is 2.90 bits per heavy atom. The van der Waals surface area contributed by atoms with Crippen molar-refractivity contribution in [2.24, 2.45) is 0 Å². The van der Waals surface area contributed by atoms with Gasteiger partial charge in [-0.25, -0.2) is 9.78 Å². The Balaban J connectivity index is 2.08. The van der Waals surface area contributed by atoms with E-state index in [-0.39, 0.29) is 11.5 Å². The zero-order valence-electron chi connectivity index (χ0n) is 11.2. The molecule has 1 N–H and O–H groups in total. The van der Waals surface area contributed by atoms with Crippen LogP contribution in [0.3, 0.4) is 0 Å². The summed E-state index contributed by atoms with van der Waals surface area (Å²) < 4.78 is 6.71. The lowest BCUT2D eigenvalue weighted by Gasteiger charge is -2.05. The first-order valence-electron chi connectivity index (χ1n) is 6.45. The number of fused-ring (bicyclic) bond motifs is 1. The van der Waals surface area contributed by atoms with Crippen LogP contribution >= 0.6 is 0 Å². The van der Waals surface area contributed by atoms with Crippen LogP contribution in [0.5, 0.6) is 0 Å². The standard InChI is InChI=1S/C14H16N2O4/c1-2-20-13(17)4-3-7-16-9-15-11-6-5-10(14(18)19)8-12(11)16/h5-6,8-9H,2-4,7H2,1H3,(H,18,19). The van der Waals surface area contributed by atoms with Crippen molar-refractivity contribution in [1.29, 1.82) is 0 Å². The number of hydrogen-bond donors (Lipinski definition) is 1. The first kappa shape index (κ1) is 14.0. The maximum Gasteiger partial charge on any atom is 0.335 e. The van der Waals surface area contributed by atoms with Crippen molar-refractivity contribution >= 4 is 23.0 Å². The average Bonchev–Trinajstić information content (AvgIpc) is 2.81. The second-order valence-electron chi connectivity index (χ2n) is 4.36. The van der Waals surface area contributed by atoms with E-state index in [0.29, 0.717) is 26.0 Å². The van der Waals surface area contributed by atoms with Crippen molar-refractivity contribution < 1.29 is 19.4 Å². The summed E-state index contributed by atoms with van der Waals surface area (Å²) in [5.74, 6) is -1.19. The zero-order valence-corrected chi connectivity index (χ0v) is 11.2. The van der Waals surface area contributed by atoms with E-state index in [2.05, 4.69) is 4.98 Å². The van der Waals surface area contributed by atoms with Crippen LogP contribution in [0, 0.1) is 0 Å². The van der Waals surface area contributed by atoms with Crippen molar-refractivity contribution in [3.63, 3.8) is 0 Å². The minimum Gasteiger partial charge on any atom is -0.478 e. The fraction of sp³-hybridized carbons (Fsp3) is 0.357. The lowest BCUT2D eigenvalue weighted by atomic mass is 10.2. The zero-order chi connectivity index (χ0) is 14.5. The first-order chi connectivity index (χ1) is 9.61. The smallest absolute Gasteiger partial charge is 0.335 e. The van der Waals surface area contributed by atoms with Gasteiger partial charge in [0.2, 0.25) is 0 Å². The monoisotopic (exact) mass is 276 g/mol. The third-order valence-corrected chi connectivity index (χ3v) is 2.95. The summed E-state index contributed by atoms with van der Waals surface area (Å²) in [6, 6.07) is 4.80. The van der Waals surface area contributed by atoms with Crippen molar-refractivity contribution in [2.75, 3.05) is 6.61 Å². The second-order valence-corrected chi connectivity index (χ2v) is 4.36. The van der Waals surface area contributed by atoms with Crippen LogP contribution in [-0.2, 0) is 16.1 Å². The fourth-order valence-electron chi connectivity index (χ4n) is 1.99. The Bertz CT molecular complexity index is 633. The minimum atomic E-state index is -0.967. The van der Waals surface area contributed by atoms with Gasteiger partial charge < -0.3 is 14.4 Å². The van der Waals surface area contributed by atoms with E-state index in [1.807, 2.05) is 4.57 Å². The Hall–Kier alpha value is -2.37. The van der Waals surface area contributed by atoms with Crippen molar-refractivity contribution in [1.82, 2.24) is 9.55 Å². The van der Waals surface area contributed by atoms with Gasteiger partial charge in [-0.15, -0.1) is 0 Å². The van der Waals surface area contributed by atoms with E-state index in [4.69, 9.17) is 9.84 Å². The van der Waals surface area contributed by atoms with Gasteiger partial charge in [-0.3, -0.25) is 4.79 Å². The Kier molecular flexibility index (Phi) is 4.34. The molecule has 0 bridgehead atoms. The van der Waals surface area contributed by atoms with Gasteiger partial charge in [0.05, 0.1) is 29.5 Å². The molecule has 0 radical (unpaired) electrons. The molecule has 0 fully saturated rings. The topological polar surface area (TPSA) is 81.4 Å². The van der Waals surface area contributed by atoms with E-state index in [0.717, 1.165) is 11.0 Å². The number of benzene rings is 1. The summed E-state index contributed by atoms with van der Waals surface area (Å²) in [4.78, 5) is 26.4. The lowest BCUT2D eigenvalue weighted by molar-refractivity contribution is -0.143. The lowest BCUT2D eigenvalue weighted by Crippen LogP contribution is -2.06. The number of carbonyl (C=O) groups is 2. The van der Waals surface area contributed by atoms with Crippen LogP contribution in [0.2, 0.25) is 0 Å². The number of ether oxygens (including phenoxy) is 1. The van der Waals surface area contributed by atoms with Crippen molar-refractivity contribution in [2.45, 2.75) is 26.3 Å². The molecule has 1 heterocycles. The Labute approximate surface area is 116 Å². The van der Waals surface area contributed by atoms with E-state index >= 15 is 0 Å². The van der Waals surface area contributed by atoms with Gasteiger partial charge in [-0.1, -0.05) is 0 Å². The molecular weight excluding hydrogens is 260 g/mol. The Morgan fingerprint density at radius 2 is 2.20 bits per heavy atom. The quantitative estimate of drug-likeness (QED) is 0.817. The van der Waals surface area contributed by atoms with E-state index < -0.39 is 5.97 Å². The molecule has 0 amide bonds. The molecule has 20 heavy (non-hydrogen) atoms. The number of aromatic nitrogens is 2. The molecule has 0 atom stereocenters. The van der Waals surface area contributed by atoms with Crippen LogP contribution < -0.4 is 0 Å². The minimum absolute atomic E-state index is 0.219. The highest BCUT2D eigenvalue weighted by molar-refractivity contribution is 5.92. The van der Waals surface area contributed by atoms with Crippen LogP contribution in [-0.4, -0.2) is 33.2 Å². The molecule has 1 aromatic carbocycles. The number of aromatic carboxylic acids is 1. The third-order valence-electron chi connectivity index (χ3n) is 2.95. The van der Waals surface area contributed by atoms with Crippen LogP contribution in [0.25, 0.3) is 11.0 Å². The molecule has 6 heteroatoms. The molecule has 0 aliphatic rings. The SMILES string of the molecule is CCOC(=O)CCCn1cnc2ccc(C(=O)O)cc21. The van der Waals surface area contributed by atoms with Gasteiger partial charge in [0.15, 0.2) is 0 Å². The number of carbonyl (C=O) groups excluding carboxylic acids is 1. The van der Waals surface area contributed by atoms with E-state index in [1.54, 1.807) is 25.4 Å². The fourth-order valence-corrected chi connectivity index (χ4v) is 1.99. The number of esters is 1. The van der Waals surface area contributed by atoms with Crippen LogP contribution in [0.15, 0.2) is 24.5 Å². The number of imidazole rings is 1. The average molecular weight is 276 g/mol. The maximum atomic E-state index is 11.3. The van der Waals surface area contributed by atoms with Gasteiger partial charge >= 0.3 is 11.9 Å². The van der Waals surface area contributed by atoms with E-state index in [9.17, 15) is 9.59 Å². The Morgan fingerprint density at radius 1 is 1.40 bits per heavy atom. The van der Waals surface area contributed by atoms with Crippen LogP contribution in [0.1, 0.15) is 30.1 Å². The van der Waals surface area contributed by atoms with Gasteiger partial charge in [-0.2, -0.15) is 0 Å². The summed E-state index contributed by atoms with van der Waals surface area (Å²) in [6.07, 6.45) is 2.62. The molecule has 0 aliphatic carbocycles. The summed E-state index contributed by atoms with van der Waals surface area (Å²) in [5.41, 5.74) is 1.73. The molecule has 0 spiro atoms. The van der Waals surface area contributed by atoms with Crippen LogP contribution in [0.4, 0.5) is 0 Å². The normalized spacial score (nSPS) is 10.7. The van der Waals surface area contributed by atoms with Gasteiger partial charge in [0.25, 0.3) is 0 Å². The summed E-state index contributed by atoms with van der Waals surface area (Å²) in [6.45, 7) is 2.75. The summed E-state index contributed by atoms with van der Waals surface area (Å²) in [7, 11) is 0. The number of carboxylic acids is 1. The molecule has 0 aliphatic heterocycles. The van der Waals surface area contributed by atoms with E-state index in [1.165, 1.54) is 6.07 Å². The molecule has 1 aromatic heterocycles. The number of rotatable bonds is 6. The molecule has 6 nitrogen and oxygen atoms in total. The summed E-state index contributed by atoms with van der Waals surface area (Å²) >= 11 is 0. The largest absolute Gasteiger partial charge is 0.478 e. The number of nitrogens with zero attached hydrogens (tertiary/aromatic N) is 2. The van der Waals surface area contributed by atoms with Gasteiger partial charge in [0, 0.05) is 13.0 Å². The third kappa shape index (κ3) is 3.14.